The van der Waals surface area contributed by atoms with Gasteiger partial charge in [0.1, 0.15) is 4.90 Å². The summed E-state index contributed by atoms with van der Waals surface area (Å²) in [6.07, 6.45) is 1.03. The van der Waals surface area contributed by atoms with Gasteiger partial charge in [-0.15, -0.1) is 0 Å². The highest BCUT2D eigenvalue weighted by Gasteiger charge is 2.14. The van der Waals surface area contributed by atoms with Crippen molar-refractivity contribution < 1.29 is 13.0 Å². The summed E-state index contributed by atoms with van der Waals surface area (Å²) >= 11 is 0. The molecule has 0 fully saturated rings. The fraction of sp³-hybridized carbons (Fsp3) is 0. The van der Waals surface area contributed by atoms with E-state index in [9.17, 15) is 8.42 Å². The Balaban J connectivity index is 2.92. The van der Waals surface area contributed by atoms with Crippen molar-refractivity contribution in [1.82, 2.24) is 10.2 Å². The van der Waals surface area contributed by atoms with Gasteiger partial charge in [0, 0.05) is 5.39 Å². The molecule has 1 aromatic carbocycles. The maximum absolute atomic E-state index is 10.9. The summed E-state index contributed by atoms with van der Waals surface area (Å²) in [5.41, 5.74) is 0.433. The van der Waals surface area contributed by atoms with E-state index in [1.807, 2.05) is 0 Å². The molecule has 0 spiro atoms. The molecule has 0 radical (unpaired) electrons. The number of fused-ring (bicyclic) bond motifs is 1. The third-order valence-electron chi connectivity index (χ3n) is 1.79. The lowest BCUT2D eigenvalue weighted by molar-refractivity contribution is 0.483. The molecule has 72 valence electrons. The zero-order chi connectivity index (χ0) is 10.2. The first kappa shape index (κ1) is 9.04. The maximum Gasteiger partial charge on any atom is 0.296 e. The molecule has 0 amide bonds. The van der Waals surface area contributed by atoms with Crippen molar-refractivity contribution in [1.29, 1.82) is 0 Å². The Bertz CT molecular complexity index is 575. The zero-order valence-electron chi connectivity index (χ0n) is 6.95. The van der Waals surface area contributed by atoms with Crippen LogP contribution in [0.5, 0.6) is 0 Å². The minimum Gasteiger partial charge on any atom is -0.282 e. The van der Waals surface area contributed by atoms with Crippen molar-refractivity contribution in [3.63, 3.8) is 0 Å². The molecule has 0 unspecified atom stereocenters. The van der Waals surface area contributed by atoms with E-state index in [1.165, 1.54) is 0 Å². The Hall–Kier alpha value is -1.53. The Morgan fingerprint density at radius 1 is 1.21 bits per heavy atom. The average Bonchev–Trinajstić information content (AvgIpc) is 2.15. The minimum absolute atomic E-state index is 0.219. The number of benzene rings is 1. The maximum atomic E-state index is 10.9. The van der Waals surface area contributed by atoms with Gasteiger partial charge in [-0.2, -0.15) is 18.6 Å². The SMILES string of the molecule is O=S(=O)(O)c1cnnc2ccccc12. The topological polar surface area (TPSA) is 80.2 Å². The van der Waals surface area contributed by atoms with E-state index in [0.29, 0.717) is 10.9 Å². The molecule has 1 heterocycles. The van der Waals surface area contributed by atoms with Crippen LogP contribution in [-0.2, 0) is 10.1 Å². The Morgan fingerprint density at radius 3 is 2.64 bits per heavy atom. The molecule has 0 saturated heterocycles. The third kappa shape index (κ3) is 1.45. The van der Waals surface area contributed by atoms with E-state index in [4.69, 9.17) is 4.55 Å². The van der Waals surface area contributed by atoms with E-state index < -0.39 is 10.1 Å². The molecule has 14 heavy (non-hydrogen) atoms. The highest BCUT2D eigenvalue weighted by molar-refractivity contribution is 7.86. The van der Waals surface area contributed by atoms with Crippen LogP contribution in [0.15, 0.2) is 35.4 Å². The standard InChI is InChI=1S/C8H6N2O3S/c11-14(12,13)8-5-9-10-7-4-2-1-3-6(7)8/h1-5H,(H,11,12,13). The first-order valence-electron chi connectivity index (χ1n) is 3.77. The normalized spacial score (nSPS) is 11.8. The van der Waals surface area contributed by atoms with Crippen molar-refractivity contribution in [3.05, 3.63) is 30.5 Å². The van der Waals surface area contributed by atoms with Crippen LogP contribution in [0.4, 0.5) is 0 Å². The van der Waals surface area contributed by atoms with Gasteiger partial charge in [0.15, 0.2) is 0 Å². The number of hydrogen-bond donors (Lipinski definition) is 1. The van der Waals surface area contributed by atoms with E-state index >= 15 is 0 Å². The number of rotatable bonds is 1. The summed E-state index contributed by atoms with van der Waals surface area (Å²) in [5.74, 6) is 0. The molecule has 0 bridgehead atoms. The number of aromatic nitrogens is 2. The second-order valence-electron chi connectivity index (χ2n) is 2.70. The van der Waals surface area contributed by atoms with Gasteiger partial charge >= 0.3 is 0 Å². The monoisotopic (exact) mass is 210 g/mol. The van der Waals surface area contributed by atoms with Crippen LogP contribution < -0.4 is 0 Å². The average molecular weight is 210 g/mol. The van der Waals surface area contributed by atoms with Gasteiger partial charge < -0.3 is 0 Å². The summed E-state index contributed by atoms with van der Waals surface area (Å²) in [6, 6.07) is 6.56. The molecule has 5 nitrogen and oxygen atoms in total. The highest BCUT2D eigenvalue weighted by Crippen LogP contribution is 2.18. The summed E-state index contributed by atoms with van der Waals surface area (Å²) in [6.45, 7) is 0. The van der Waals surface area contributed by atoms with Crippen molar-refractivity contribution >= 4 is 21.0 Å². The molecule has 0 aliphatic heterocycles. The fourth-order valence-electron chi connectivity index (χ4n) is 1.19. The van der Waals surface area contributed by atoms with Gasteiger partial charge in [0.25, 0.3) is 10.1 Å². The summed E-state index contributed by atoms with van der Waals surface area (Å²) in [5, 5.41) is 7.59. The smallest absolute Gasteiger partial charge is 0.282 e. The Kier molecular flexibility index (Phi) is 1.94. The van der Waals surface area contributed by atoms with Crippen LogP contribution in [0.25, 0.3) is 10.9 Å². The molecule has 1 N–H and O–H groups in total. The summed E-state index contributed by atoms with van der Waals surface area (Å²) < 4.78 is 30.8. The zero-order valence-corrected chi connectivity index (χ0v) is 7.77. The first-order valence-corrected chi connectivity index (χ1v) is 5.21. The lowest BCUT2D eigenvalue weighted by Gasteiger charge is -2.00. The van der Waals surface area contributed by atoms with E-state index in [0.717, 1.165) is 6.20 Å². The van der Waals surface area contributed by atoms with Gasteiger partial charge in [-0.25, -0.2) is 0 Å². The quantitative estimate of drug-likeness (QED) is 0.706. The number of hydrogen-bond acceptors (Lipinski definition) is 4. The van der Waals surface area contributed by atoms with E-state index in [2.05, 4.69) is 10.2 Å². The molecule has 0 saturated carbocycles. The van der Waals surface area contributed by atoms with E-state index in [1.54, 1.807) is 24.3 Å². The minimum atomic E-state index is -4.23. The van der Waals surface area contributed by atoms with Crippen LogP contribution in [0.1, 0.15) is 0 Å². The molecule has 0 aliphatic rings. The Labute approximate surface area is 80.1 Å². The third-order valence-corrected chi connectivity index (χ3v) is 2.67. The molecular formula is C8H6N2O3S. The van der Waals surface area contributed by atoms with Crippen LogP contribution in [0.2, 0.25) is 0 Å². The van der Waals surface area contributed by atoms with Crippen molar-refractivity contribution in [2.75, 3.05) is 0 Å². The molecule has 0 atom stereocenters. The van der Waals surface area contributed by atoms with Crippen molar-refractivity contribution in [2.24, 2.45) is 0 Å². The van der Waals surface area contributed by atoms with Crippen LogP contribution >= 0.6 is 0 Å². The predicted molar refractivity (Wildman–Crippen MR) is 49.4 cm³/mol. The summed E-state index contributed by atoms with van der Waals surface area (Å²) in [4.78, 5) is -0.219. The lowest BCUT2D eigenvalue weighted by Crippen LogP contribution is -2.00. The number of nitrogens with zero attached hydrogens (tertiary/aromatic N) is 2. The van der Waals surface area contributed by atoms with E-state index in [-0.39, 0.29) is 4.90 Å². The van der Waals surface area contributed by atoms with Crippen molar-refractivity contribution in [2.45, 2.75) is 4.90 Å². The lowest BCUT2D eigenvalue weighted by atomic mass is 10.2. The Morgan fingerprint density at radius 2 is 1.93 bits per heavy atom. The first-order chi connectivity index (χ1) is 6.59. The fourth-order valence-corrected chi connectivity index (χ4v) is 1.82. The van der Waals surface area contributed by atoms with Gasteiger partial charge in [-0.05, 0) is 6.07 Å². The second-order valence-corrected chi connectivity index (χ2v) is 4.09. The predicted octanol–water partition coefficient (Wildman–Crippen LogP) is 0.877. The van der Waals surface area contributed by atoms with Crippen LogP contribution in [-0.4, -0.2) is 23.2 Å². The molecule has 6 heteroatoms. The summed E-state index contributed by atoms with van der Waals surface area (Å²) in [7, 11) is -4.23. The molecule has 0 aliphatic carbocycles. The second kappa shape index (κ2) is 3.00. The van der Waals surface area contributed by atoms with Gasteiger partial charge in [0.05, 0.1) is 11.7 Å². The van der Waals surface area contributed by atoms with Crippen LogP contribution in [0.3, 0.4) is 0 Å². The van der Waals surface area contributed by atoms with Gasteiger partial charge in [0.2, 0.25) is 0 Å². The molecule has 2 rings (SSSR count). The van der Waals surface area contributed by atoms with Gasteiger partial charge in [-0.1, -0.05) is 18.2 Å². The molecular weight excluding hydrogens is 204 g/mol. The van der Waals surface area contributed by atoms with Crippen LogP contribution in [0, 0.1) is 0 Å². The largest absolute Gasteiger partial charge is 0.296 e. The molecule has 1 aromatic heterocycles. The van der Waals surface area contributed by atoms with Gasteiger partial charge in [-0.3, -0.25) is 4.55 Å². The highest BCUT2D eigenvalue weighted by atomic mass is 32.2. The van der Waals surface area contributed by atoms with Crippen molar-refractivity contribution in [3.8, 4) is 0 Å². The molecule has 2 aromatic rings.